The van der Waals surface area contributed by atoms with Crippen LogP contribution in [0.25, 0.3) is 0 Å². The maximum absolute atomic E-state index is 12.7. The highest BCUT2D eigenvalue weighted by Crippen LogP contribution is 2.30. The second-order valence-electron chi connectivity index (χ2n) is 7.19. The van der Waals surface area contributed by atoms with E-state index < -0.39 is 41.3 Å². The highest BCUT2D eigenvalue weighted by molar-refractivity contribution is 7.99. The fourth-order valence-electron chi connectivity index (χ4n) is 3.66. The van der Waals surface area contributed by atoms with E-state index in [2.05, 4.69) is 17.6 Å². The van der Waals surface area contributed by atoms with E-state index in [1.54, 1.807) is 13.2 Å². The molecule has 1 amide bonds. The topological polar surface area (TPSA) is 111 Å². The molecular formula is C17H31ClN2O5S. The van der Waals surface area contributed by atoms with Gasteiger partial charge in [0.05, 0.1) is 17.5 Å². The number of piperidine rings is 1. The van der Waals surface area contributed by atoms with Crippen molar-refractivity contribution in [2.75, 3.05) is 12.8 Å². The number of aliphatic hydroxyl groups is 3. The fraction of sp³-hybridized carbons (Fsp3) is 0.941. The van der Waals surface area contributed by atoms with Crippen molar-refractivity contribution >= 4 is 29.3 Å². The first-order chi connectivity index (χ1) is 12.3. The second kappa shape index (κ2) is 9.91. The average Bonchev–Trinajstić information content (AvgIpc) is 2.64. The highest BCUT2D eigenvalue weighted by atomic mass is 35.5. The zero-order valence-corrected chi connectivity index (χ0v) is 17.0. The first-order valence-electron chi connectivity index (χ1n) is 9.20. The number of nitrogens with one attached hydrogen (secondary N) is 2. The molecular weight excluding hydrogens is 380 g/mol. The zero-order valence-electron chi connectivity index (χ0n) is 15.5. The van der Waals surface area contributed by atoms with Gasteiger partial charge in [0.2, 0.25) is 5.91 Å². The molecule has 2 rings (SSSR count). The molecule has 0 aliphatic carbocycles. The summed E-state index contributed by atoms with van der Waals surface area (Å²) in [6, 6.07) is -1.00. The molecule has 9 atom stereocenters. The number of rotatable bonds is 6. The van der Waals surface area contributed by atoms with Crippen molar-refractivity contribution in [3.8, 4) is 0 Å². The Bertz CT molecular complexity index is 470. The Labute approximate surface area is 164 Å². The standard InChI is InChI=1S/C17H31ClN2O5S/c1-4-9-5-6-19-10(7-9)16(24)20-11(8(2)18)15-13(22)12(21)14(23)17(25-15)26-3/h8-15,17,19,21-23H,4-7H2,1-3H3,(H,20,24)/t8-,9+,10-,11?,12-,13+,14+,15+,17+/m0/s1. The Morgan fingerprint density at radius 3 is 2.62 bits per heavy atom. The second-order valence-corrected chi connectivity index (χ2v) is 8.82. The van der Waals surface area contributed by atoms with Crippen LogP contribution in [-0.2, 0) is 9.53 Å². The monoisotopic (exact) mass is 410 g/mol. The molecule has 2 saturated heterocycles. The van der Waals surface area contributed by atoms with Crippen molar-refractivity contribution in [3.63, 3.8) is 0 Å². The maximum Gasteiger partial charge on any atom is 0.237 e. The number of alkyl halides is 1. The van der Waals surface area contributed by atoms with Gasteiger partial charge in [-0.15, -0.1) is 23.4 Å². The number of ether oxygens (including phenoxy) is 1. The summed E-state index contributed by atoms with van der Waals surface area (Å²) in [6.07, 6.45) is -0.236. The molecule has 2 aliphatic rings. The minimum atomic E-state index is -1.36. The molecule has 0 aromatic heterocycles. The van der Waals surface area contributed by atoms with Crippen LogP contribution in [-0.4, -0.2) is 81.3 Å². The van der Waals surface area contributed by atoms with Crippen LogP contribution in [0.3, 0.4) is 0 Å². The van der Waals surface area contributed by atoms with Gasteiger partial charge in [0.15, 0.2) is 0 Å². The van der Waals surface area contributed by atoms with E-state index in [0.29, 0.717) is 5.92 Å². The summed E-state index contributed by atoms with van der Waals surface area (Å²) >= 11 is 7.51. The number of hydrogen-bond acceptors (Lipinski definition) is 7. The molecule has 2 aliphatic heterocycles. The lowest BCUT2D eigenvalue weighted by Gasteiger charge is -2.44. The predicted octanol–water partition coefficient (Wildman–Crippen LogP) is 0.0473. The summed E-state index contributed by atoms with van der Waals surface area (Å²) in [7, 11) is 0. The molecule has 0 aromatic rings. The first kappa shape index (κ1) is 22.2. The lowest BCUT2D eigenvalue weighted by atomic mass is 9.89. The van der Waals surface area contributed by atoms with Crippen LogP contribution in [0, 0.1) is 5.92 Å². The van der Waals surface area contributed by atoms with Crippen LogP contribution in [0.4, 0.5) is 0 Å². The van der Waals surface area contributed by atoms with Crippen LogP contribution in [0.2, 0.25) is 0 Å². The molecule has 0 saturated carbocycles. The van der Waals surface area contributed by atoms with E-state index in [9.17, 15) is 20.1 Å². The van der Waals surface area contributed by atoms with E-state index in [4.69, 9.17) is 16.3 Å². The summed E-state index contributed by atoms with van der Waals surface area (Å²) in [6.45, 7) is 4.62. The van der Waals surface area contributed by atoms with Crippen LogP contribution >= 0.6 is 23.4 Å². The van der Waals surface area contributed by atoms with E-state index in [-0.39, 0.29) is 11.9 Å². The van der Waals surface area contributed by atoms with Gasteiger partial charge in [-0.3, -0.25) is 4.79 Å². The zero-order chi connectivity index (χ0) is 19.4. The van der Waals surface area contributed by atoms with Gasteiger partial charge < -0.3 is 30.7 Å². The maximum atomic E-state index is 12.7. The number of carbonyl (C=O) groups excluding carboxylic acids is 1. The minimum absolute atomic E-state index is 0.183. The normalized spacial score (nSPS) is 40.7. The molecule has 2 fully saturated rings. The quantitative estimate of drug-likeness (QED) is 0.393. The van der Waals surface area contributed by atoms with Gasteiger partial charge in [-0.25, -0.2) is 0 Å². The van der Waals surface area contributed by atoms with E-state index in [1.807, 2.05) is 0 Å². The van der Waals surface area contributed by atoms with E-state index in [1.165, 1.54) is 11.8 Å². The van der Waals surface area contributed by atoms with Gasteiger partial charge in [0.25, 0.3) is 0 Å². The van der Waals surface area contributed by atoms with Crippen LogP contribution in [0.15, 0.2) is 0 Å². The Kier molecular flexibility index (Phi) is 8.46. The molecule has 5 N–H and O–H groups in total. The third-order valence-corrected chi connectivity index (χ3v) is 6.53. The van der Waals surface area contributed by atoms with Gasteiger partial charge in [0, 0.05) is 0 Å². The molecule has 152 valence electrons. The molecule has 0 bridgehead atoms. The van der Waals surface area contributed by atoms with E-state index in [0.717, 1.165) is 25.8 Å². The molecule has 1 unspecified atom stereocenters. The van der Waals surface area contributed by atoms with Crippen molar-refractivity contribution in [1.82, 2.24) is 10.6 Å². The van der Waals surface area contributed by atoms with Gasteiger partial charge in [-0.1, -0.05) is 13.3 Å². The Balaban J connectivity index is 2.09. The summed E-state index contributed by atoms with van der Waals surface area (Å²) in [5.74, 6) is 0.325. The summed E-state index contributed by atoms with van der Waals surface area (Å²) in [5, 5.41) is 36.1. The molecule has 7 nitrogen and oxygen atoms in total. The van der Waals surface area contributed by atoms with Gasteiger partial charge in [-0.05, 0) is 38.5 Å². The lowest BCUT2D eigenvalue weighted by Crippen LogP contribution is -2.65. The third kappa shape index (κ3) is 5.04. The average molecular weight is 411 g/mol. The van der Waals surface area contributed by atoms with Crippen molar-refractivity contribution < 1.29 is 24.9 Å². The number of hydrogen-bond donors (Lipinski definition) is 5. The molecule has 26 heavy (non-hydrogen) atoms. The fourth-order valence-corrected chi connectivity index (χ4v) is 4.54. The van der Waals surface area contributed by atoms with Crippen molar-refractivity contribution in [2.45, 2.75) is 80.4 Å². The summed E-state index contributed by atoms with van der Waals surface area (Å²) in [5.41, 5.74) is -0.703. The number of halogens is 1. The summed E-state index contributed by atoms with van der Waals surface area (Å²) < 4.78 is 5.77. The van der Waals surface area contributed by atoms with E-state index >= 15 is 0 Å². The van der Waals surface area contributed by atoms with Crippen LogP contribution in [0.1, 0.15) is 33.1 Å². The Morgan fingerprint density at radius 1 is 1.35 bits per heavy atom. The SMILES string of the molecule is CC[C@@H]1CCN[C@H](C(=O)NC([C@H](C)Cl)[C@H]2O[C@H](SC)[C@H](O)[C@@H](O)[C@H]2O)C1. The number of thioether (sulfide) groups is 1. The third-order valence-electron chi connectivity index (χ3n) is 5.40. The summed E-state index contributed by atoms with van der Waals surface area (Å²) in [4.78, 5) is 12.7. The van der Waals surface area contributed by atoms with Crippen LogP contribution < -0.4 is 10.6 Å². The van der Waals surface area contributed by atoms with Gasteiger partial charge >= 0.3 is 0 Å². The van der Waals surface area contributed by atoms with Crippen molar-refractivity contribution in [1.29, 1.82) is 0 Å². The largest absolute Gasteiger partial charge is 0.388 e. The van der Waals surface area contributed by atoms with Crippen molar-refractivity contribution in [3.05, 3.63) is 0 Å². The number of aliphatic hydroxyl groups excluding tert-OH is 3. The molecule has 0 radical (unpaired) electrons. The lowest BCUT2D eigenvalue weighted by molar-refractivity contribution is -0.205. The van der Waals surface area contributed by atoms with Gasteiger partial charge in [0.1, 0.15) is 29.9 Å². The van der Waals surface area contributed by atoms with Gasteiger partial charge in [-0.2, -0.15) is 0 Å². The predicted molar refractivity (Wildman–Crippen MR) is 102 cm³/mol. The Morgan fingerprint density at radius 2 is 2.04 bits per heavy atom. The van der Waals surface area contributed by atoms with Crippen LogP contribution in [0.5, 0.6) is 0 Å². The molecule has 2 heterocycles. The molecule has 0 aromatic carbocycles. The Hall–Kier alpha value is -0.0900. The van der Waals surface area contributed by atoms with Crippen molar-refractivity contribution in [2.24, 2.45) is 5.92 Å². The molecule has 9 heteroatoms. The smallest absolute Gasteiger partial charge is 0.237 e. The first-order valence-corrected chi connectivity index (χ1v) is 10.9. The molecule has 0 spiro atoms. The number of carbonyl (C=O) groups is 1. The minimum Gasteiger partial charge on any atom is -0.388 e. The number of amides is 1. The highest BCUT2D eigenvalue weighted by Gasteiger charge is 2.48.